The third kappa shape index (κ3) is 2.76. The van der Waals surface area contributed by atoms with Crippen LogP contribution >= 0.6 is 0 Å². The first kappa shape index (κ1) is 13.6. The minimum atomic E-state index is 0.371. The molecule has 2 N–H and O–H groups in total. The number of fused-ring (bicyclic) bond motifs is 1. The van der Waals surface area contributed by atoms with Crippen molar-refractivity contribution in [2.75, 3.05) is 0 Å². The molecule has 0 aliphatic heterocycles. The molecule has 0 aliphatic carbocycles. The van der Waals surface area contributed by atoms with E-state index in [4.69, 9.17) is 14.9 Å². The Morgan fingerprint density at radius 2 is 2.05 bits per heavy atom. The van der Waals surface area contributed by atoms with Crippen LogP contribution in [0.2, 0.25) is 0 Å². The van der Waals surface area contributed by atoms with Gasteiger partial charge < -0.3 is 14.9 Å². The van der Waals surface area contributed by atoms with Gasteiger partial charge in [0.25, 0.3) is 0 Å². The summed E-state index contributed by atoms with van der Waals surface area (Å²) in [6.45, 7) is 4.73. The molecule has 2 heterocycles. The lowest BCUT2D eigenvalue weighted by atomic mass is 10.2. The molecule has 0 saturated carbocycles. The van der Waals surface area contributed by atoms with Crippen molar-refractivity contribution in [1.82, 2.24) is 4.98 Å². The zero-order valence-electron chi connectivity index (χ0n) is 12.2. The Morgan fingerprint density at radius 1 is 1.19 bits per heavy atom. The van der Waals surface area contributed by atoms with Crippen molar-refractivity contribution < 1.29 is 9.15 Å². The van der Waals surface area contributed by atoms with E-state index in [-0.39, 0.29) is 0 Å². The lowest BCUT2D eigenvalue weighted by molar-refractivity contribution is 0.270. The summed E-state index contributed by atoms with van der Waals surface area (Å²) >= 11 is 0. The number of nitrogens with zero attached hydrogens (tertiary/aromatic N) is 1. The molecule has 0 spiro atoms. The molecular weight excluding hydrogens is 264 g/mol. The van der Waals surface area contributed by atoms with Gasteiger partial charge in [-0.25, -0.2) is 4.98 Å². The van der Waals surface area contributed by atoms with Gasteiger partial charge in [-0.15, -0.1) is 0 Å². The Kier molecular flexibility index (Phi) is 3.62. The average Bonchev–Trinajstić information content (AvgIpc) is 2.85. The molecule has 4 heteroatoms. The quantitative estimate of drug-likeness (QED) is 0.795. The SMILES string of the molecule is Cc1ccc2cccc(OCc3cc(CN)c(C)o3)c2n1. The summed E-state index contributed by atoms with van der Waals surface area (Å²) in [7, 11) is 0. The Hall–Kier alpha value is -2.33. The predicted octanol–water partition coefficient (Wildman–Crippen LogP) is 3.48. The van der Waals surface area contributed by atoms with Crippen LogP contribution in [0.5, 0.6) is 5.75 Å². The maximum atomic E-state index is 5.88. The molecule has 2 aromatic heterocycles. The Morgan fingerprint density at radius 3 is 2.81 bits per heavy atom. The number of rotatable bonds is 4. The van der Waals surface area contributed by atoms with Gasteiger partial charge in [0.05, 0.1) is 0 Å². The summed E-state index contributed by atoms with van der Waals surface area (Å²) in [5.41, 5.74) is 8.51. The Labute approximate surface area is 123 Å². The molecule has 0 unspecified atom stereocenters. The second-order valence-corrected chi connectivity index (χ2v) is 5.07. The van der Waals surface area contributed by atoms with Crippen molar-refractivity contribution in [3.63, 3.8) is 0 Å². The summed E-state index contributed by atoms with van der Waals surface area (Å²) in [6, 6.07) is 11.9. The first-order chi connectivity index (χ1) is 10.2. The number of pyridine rings is 1. The number of aromatic nitrogens is 1. The molecule has 3 rings (SSSR count). The first-order valence-corrected chi connectivity index (χ1v) is 6.95. The van der Waals surface area contributed by atoms with Crippen molar-refractivity contribution in [3.8, 4) is 5.75 Å². The maximum Gasteiger partial charge on any atom is 0.146 e. The van der Waals surface area contributed by atoms with E-state index in [1.165, 1.54) is 0 Å². The number of para-hydroxylation sites is 1. The fraction of sp³-hybridized carbons (Fsp3) is 0.235. The van der Waals surface area contributed by atoms with Crippen molar-refractivity contribution in [2.24, 2.45) is 5.73 Å². The highest BCUT2D eigenvalue weighted by atomic mass is 16.5. The number of hydrogen-bond donors (Lipinski definition) is 1. The molecule has 0 saturated heterocycles. The van der Waals surface area contributed by atoms with Crippen LogP contribution in [0, 0.1) is 13.8 Å². The summed E-state index contributed by atoms with van der Waals surface area (Å²) in [6.07, 6.45) is 0. The van der Waals surface area contributed by atoms with E-state index in [0.29, 0.717) is 13.2 Å². The standard InChI is InChI=1S/C17H18N2O2/c1-11-6-7-13-4-3-5-16(17(13)19-11)20-10-15-8-14(9-18)12(2)21-15/h3-8H,9-10,18H2,1-2H3. The molecule has 0 fully saturated rings. The fourth-order valence-electron chi connectivity index (χ4n) is 2.34. The van der Waals surface area contributed by atoms with Gasteiger partial charge in [-0.2, -0.15) is 0 Å². The molecule has 108 valence electrons. The second kappa shape index (κ2) is 5.58. The van der Waals surface area contributed by atoms with Gasteiger partial charge in [-0.05, 0) is 32.0 Å². The molecule has 0 amide bonds. The van der Waals surface area contributed by atoms with Crippen LogP contribution in [0.1, 0.15) is 22.8 Å². The minimum Gasteiger partial charge on any atom is -0.483 e. The first-order valence-electron chi connectivity index (χ1n) is 6.95. The van der Waals surface area contributed by atoms with Gasteiger partial charge in [0.1, 0.15) is 29.4 Å². The average molecular weight is 282 g/mol. The van der Waals surface area contributed by atoms with Gasteiger partial charge >= 0.3 is 0 Å². The molecule has 21 heavy (non-hydrogen) atoms. The second-order valence-electron chi connectivity index (χ2n) is 5.07. The van der Waals surface area contributed by atoms with Gasteiger partial charge in [0.2, 0.25) is 0 Å². The van der Waals surface area contributed by atoms with Gasteiger partial charge in [-0.1, -0.05) is 18.2 Å². The summed E-state index contributed by atoms with van der Waals surface area (Å²) in [4.78, 5) is 4.55. The molecule has 3 aromatic rings. The summed E-state index contributed by atoms with van der Waals surface area (Å²) in [5.74, 6) is 2.39. The molecule has 0 radical (unpaired) electrons. The zero-order valence-corrected chi connectivity index (χ0v) is 12.2. The molecule has 0 bridgehead atoms. The molecule has 1 aromatic carbocycles. The van der Waals surface area contributed by atoms with Crippen LogP contribution in [-0.2, 0) is 13.2 Å². The van der Waals surface area contributed by atoms with Gasteiger partial charge in [-0.3, -0.25) is 0 Å². The van der Waals surface area contributed by atoms with Crippen molar-refractivity contribution in [2.45, 2.75) is 27.0 Å². The monoisotopic (exact) mass is 282 g/mol. The van der Waals surface area contributed by atoms with E-state index < -0.39 is 0 Å². The summed E-state index contributed by atoms with van der Waals surface area (Å²) < 4.78 is 11.5. The van der Waals surface area contributed by atoms with Crippen molar-refractivity contribution in [3.05, 3.63) is 59.2 Å². The highest BCUT2D eigenvalue weighted by Gasteiger charge is 2.08. The lowest BCUT2D eigenvalue weighted by Gasteiger charge is -2.07. The van der Waals surface area contributed by atoms with Crippen LogP contribution in [0.3, 0.4) is 0 Å². The van der Waals surface area contributed by atoms with Crippen LogP contribution in [-0.4, -0.2) is 4.98 Å². The topological polar surface area (TPSA) is 61.3 Å². The normalized spacial score (nSPS) is 11.0. The van der Waals surface area contributed by atoms with Crippen LogP contribution in [0.15, 0.2) is 40.8 Å². The smallest absolute Gasteiger partial charge is 0.146 e. The number of ether oxygens (including phenoxy) is 1. The number of benzene rings is 1. The Balaban J connectivity index is 1.86. The third-order valence-electron chi connectivity index (χ3n) is 3.48. The van der Waals surface area contributed by atoms with E-state index in [2.05, 4.69) is 4.98 Å². The van der Waals surface area contributed by atoms with Gasteiger partial charge in [0.15, 0.2) is 0 Å². The highest BCUT2D eigenvalue weighted by molar-refractivity contribution is 5.84. The Bertz CT molecular complexity index is 778. The third-order valence-corrected chi connectivity index (χ3v) is 3.48. The van der Waals surface area contributed by atoms with Crippen molar-refractivity contribution >= 4 is 10.9 Å². The fourth-order valence-corrected chi connectivity index (χ4v) is 2.34. The maximum absolute atomic E-state index is 5.88. The van der Waals surface area contributed by atoms with E-state index in [0.717, 1.165) is 39.4 Å². The van der Waals surface area contributed by atoms with Gasteiger partial charge in [0, 0.05) is 23.2 Å². The van der Waals surface area contributed by atoms with E-state index in [9.17, 15) is 0 Å². The van der Waals surface area contributed by atoms with E-state index in [1.807, 2.05) is 50.2 Å². The number of aryl methyl sites for hydroxylation is 2. The minimum absolute atomic E-state index is 0.371. The van der Waals surface area contributed by atoms with Crippen molar-refractivity contribution in [1.29, 1.82) is 0 Å². The highest BCUT2D eigenvalue weighted by Crippen LogP contribution is 2.25. The number of hydrogen-bond acceptors (Lipinski definition) is 4. The lowest BCUT2D eigenvalue weighted by Crippen LogP contribution is -1.97. The van der Waals surface area contributed by atoms with Crippen LogP contribution in [0.25, 0.3) is 10.9 Å². The molecule has 0 atom stereocenters. The van der Waals surface area contributed by atoms with Crippen LogP contribution < -0.4 is 10.5 Å². The molecule has 4 nitrogen and oxygen atoms in total. The predicted molar refractivity (Wildman–Crippen MR) is 82.1 cm³/mol. The summed E-state index contributed by atoms with van der Waals surface area (Å²) in [5, 5.41) is 1.07. The number of furan rings is 1. The zero-order chi connectivity index (χ0) is 14.8. The molecular formula is C17H18N2O2. The van der Waals surface area contributed by atoms with E-state index >= 15 is 0 Å². The van der Waals surface area contributed by atoms with Crippen LogP contribution in [0.4, 0.5) is 0 Å². The molecule has 0 aliphatic rings. The largest absolute Gasteiger partial charge is 0.483 e. The number of nitrogens with two attached hydrogens (primary N) is 1. The van der Waals surface area contributed by atoms with E-state index in [1.54, 1.807) is 0 Å².